The van der Waals surface area contributed by atoms with Gasteiger partial charge in [-0.2, -0.15) is 0 Å². The van der Waals surface area contributed by atoms with Gasteiger partial charge in [-0.15, -0.1) is 10.2 Å². The van der Waals surface area contributed by atoms with E-state index in [1.165, 1.54) is 17.7 Å². The van der Waals surface area contributed by atoms with Gasteiger partial charge in [0.05, 0.1) is 5.69 Å². The number of hydrogen-bond acceptors (Lipinski definition) is 5. The Morgan fingerprint density at radius 3 is 2.53 bits per heavy atom. The Hall–Kier alpha value is -2.45. The molecule has 0 amide bonds. The van der Waals surface area contributed by atoms with E-state index < -0.39 is 0 Å². The Labute approximate surface area is 203 Å². The first-order valence-corrected chi connectivity index (χ1v) is 13.0. The van der Waals surface area contributed by atoms with E-state index in [1.54, 1.807) is 24.6 Å². The Balaban J connectivity index is 1.17. The standard InChI is InChI=1S/C26H29F2N5S/c1-17-7-8-26(18-5-3-2-4-6-18)34-33(17)14-19-10-23(28)25(12-22(19)27)32-13-20-9-21(32)11-24(20)31-15-29-30-16-31/h2-6,10,12,15-17,20-21,24,26H,7-9,11,13-14H2,1H3/t17?,20?,21?,24-,26?/m1/s1. The lowest BCUT2D eigenvalue weighted by Crippen LogP contribution is -2.37. The molecule has 2 aromatic carbocycles. The van der Waals surface area contributed by atoms with Crippen molar-refractivity contribution in [2.45, 2.75) is 62.5 Å². The van der Waals surface area contributed by atoms with Crippen molar-refractivity contribution in [3.8, 4) is 0 Å². The number of aromatic nitrogens is 3. The summed E-state index contributed by atoms with van der Waals surface area (Å²) in [7, 11) is 0. The Kier molecular flexibility index (Phi) is 5.81. The zero-order valence-corrected chi connectivity index (χ0v) is 20.0. The lowest BCUT2D eigenvalue weighted by Gasteiger charge is -2.37. The molecule has 3 aromatic rings. The highest BCUT2D eigenvalue weighted by atomic mass is 32.2. The number of hydrogen-bond donors (Lipinski definition) is 0. The van der Waals surface area contributed by atoms with Crippen molar-refractivity contribution in [1.82, 2.24) is 19.1 Å². The van der Waals surface area contributed by atoms with Gasteiger partial charge in [-0.1, -0.05) is 42.3 Å². The van der Waals surface area contributed by atoms with Gasteiger partial charge >= 0.3 is 0 Å². The van der Waals surface area contributed by atoms with Gasteiger partial charge < -0.3 is 9.47 Å². The maximum atomic E-state index is 15.3. The van der Waals surface area contributed by atoms with E-state index in [1.807, 2.05) is 6.07 Å². The van der Waals surface area contributed by atoms with Crippen LogP contribution < -0.4 is 4.90 Å². The predicted molar refractivity (Wildman–Crippen MR) is 130 cm³/mol. The minimum absolute atomic E-state index is 0.224. The SMILES string of the molecule is CC1CCC(c2ccccc2)SN1Cc1cc(F)c(N2CC3CC2C[C@H]3n2cnnc2)cc1F. The number of benzene rings is 2. The zero-order chi connectivity index (χ0) is 23.2. The fourth-order valence-corrected chi connectivity index (χ4v) is 7.37. The van der Waals surface area contributed by atoms with Gasteiger partial charge in [-0.3, -0.25) is 0 Å². The van der Waals surface area contributed by atoms with Crippen molar-refractivity contribution in [2.75, 3.05) is 11.4 Å². The maximum absolute atomic E-state index is 15.3. The van der Waals surface area contributed by atoms with Crippen LogP contribution in [0.3, 0.4) is 0 Å². The van der Waals surface area contributed by atoms with Crippen molar-refractivity contribution in [1.29, 1.82) is 0 Å². The van der Waals surface area contributed by atoms with Gasteiger partial charge in [0.25, 0.3) is 0 Å². The smallest absolute Gasteiger partial charge is 0.147 e. The van der Waals surface area contributed by atoms with E-state index in [-0.39, 0.29) is 17.7 Å². The van der Waals surface area contributed by atoms with E-state index in [2.05, 4.69) is 55.2 Å². The lowest BCUT2D eigenvalue weighted by atomic mass is 10.0. The largest absolute Gasteiger partial charge is 0.366 e. The van der Waals surface area contributed by atoms with Gasteiger partial charge in [-0.05, 0) is 50.2 Å². The molecule has 1 aromatic heterocycles. The van der Waals surface area contributed by atoms with Crippen molar-refractivity contribution in [3.63, 3.8) is 0 Å². The van der Waals surface area contributed by atoms with Crippen LogP contribution in [0.5, 0.6) is 0 Å². The van der Waals surface area contributed by atoms with Crippen LogP contribution in [0.25, 0.3) is 0 Å². The number of piperidine rings is 1. The summed E-state index contributed by atoms with van der Waals surface area (Å²) in [5, 5.41) is 8.19. The molecule has 3 heterocycles. The fourth-order valence-electron chi connectivity index (χ4n) is 6.00. The van der Waals surface area contributed by atoms with Crippen LogP contribution in [0, 0.1) is 17.6 Å². The third-order valence-electron chi connectivity index (χ3n) is 7.85. The van der Waals surface area contributed by atoms with E-state index in [0.29, 0.717) is 41.0 Å². The minimum atomic E-state index is -0.320. The van der Waals surface area contributed by atoms with Crippen LogP contribution in [-0.4, -0.2) is 37.7 Å². The molecule has 2 saturated heterocycles. The second kappa shape index (κ2) is 8.96. The molecule has 0 N–H and O–H groups in total. The average molecular weight is 482 g/mol. The molecule has 2 bridgehead atoms. The fraction of sp³-hybridized carbons (Fsp3) is 0.462. The monoisotopic (exact) mass is 481 g/mol. The molecular formula is C26H29F2N5S. The van der Waals surface area contributed by atoms with Gasteiger partial charge in [0.1, 0.15) is 24.3 Å². The van der Waals surface area contributed by atoms with Crippen molar-refractivity contribution >= 4 is 17.6 Å². The van der Waals surface area contributed by atoms with Gasteiger partial charge in [0, 0.05) is 48.1 Å². The summed E-state index contributed by atoms with van der Waals surface area (Å²) in [6.45, 7) is 3.31. The quantitative estimate of drug-likeness (QED) is 0.433. The number of halogens is 2. The van der Waals surface area contributed by atoms with E-state index in [0.717, 1.165) is 32.2 Å². The summed E-state index contributed by atoms with van der Waals surface area (Å²) in [4.78, 5) is 2.07. The van der Waals surface area contributed by atoms with E-state index in [9.17, 15) is 0 Å². The maximum Gasteiger partial charge on any atom is 0.147 e. The topological polar surface area (TPSA) is 37.2 Å². The molecule has 8 heteroatoms. The molecule has 5 atom stereocenters. The molecule has 0 radical (unpaired) electrons. The molecule has 3 fully saturated rings. The van der Waals surface area contributed by atoms with Gasteiger partial charge in [0.2, 0.25) is 0 Å². The molecule has 1 saturated carbocycles. The molecule has 3 aliphatic rings. The van der Waals surface area contributed by atoms with E-state index >= 15 is 8.78 Å². The van der Waals surface area contributed by atoms with Gasteiger partial charge in [0.15, 0.2) is 0 Å². The van der Waals surface area contributed by atoms with Crippen LogP contribution in [0.15, 0.2) is 55.1 Å². The van der Waals surface area contributed by atoms with Crippen molar-refractivity contribution < 1.29 is 8.78 Å². The summed E-state index contributed by atoms with van der Waals surface area (Å²) in [5.41, 5.74) is 2.12. The van der Waals surface area contributed by atoms with Crippen LogP contribution in [0.2, 0.25) is 0 Å². The Bertz CT molecular complexity index is 1140. The van der Waals surface area contributed by atoms with Crippen molar-refractivity contribution in [3.05, 3.63) is 77.9 Å². The molecule has 2 aliphatic heterocycles. The van der Waals surface area contributed by atoms with Crippen LogP contribution in [0.1, 0.15) is 55.0 Å². The highest BCUT2D eigenvalue weighted by Crippen LogP contribution is 2.47. The van der Waals surface area contributed by atoms with E-state index in [4.69, 9.17) is 0 Å². The molecule has 34 heavy (non-hydrogen) atoms. The summed E-state index contributed by atoms with van der Waals surface area (Å²) >= 11 is 1.76. The third kappa shape index (κ3) is 4.01. The highest BCUT2D eigenvalue weighted by molar-refractivity contribution is 7.97. The molecule has 6 rings (SSSR count). The third-order valence-corrected chi connectivity index (χ3v) is 9.37. The molecule has 5 nitrogen and oxygen atoms in total. The van der Waals surface area contributed by atoms with Crippen LogP contribution in [0.4, 0.5) is 14.5 Å². The minimum Gasteiger partial charge on any atom is -0.366 e. The van der Waals surface area contributed by atoms with Gasteiger partial charge in [-0.25, -0.2) is 13.1 Å². The van der Waals surface area contributed by atoms with Crippen molar-refractivity contribution in [2.24, 2.45) is 5.92 Å². The Morgan fingerprint density at radius 2 is 1.79 bits per heavy atom. The number of fused-ring (bicyclic) bond motifs is 2. The molecule has 0 spiro atoms. The molecule has 1 aliphatic carbocycles. The average Bonchev–Trinajstić information content (AvgIpc) is 3.60. The summed E-state index contributed by atoms with van der Waals surface area (Å²) < 4.78 is 34.9. The number of anilines is 1. The lowest BCUT2D eigenvalue weighted by molar-refractivity contribution is 0.316. The highest BCUT2D eigenvalue weighted by Gasteiger charge is 2.46. The van der Waals surface area contributed by atoms with Crippen LogP contribution in [-0.2, 0) is 6.54 Å². The second-order valence-electron chi connectivity index (χ2n) is 9.92. The summed E-state index contributed by atoms with van der Waals surface area (Å²) in [5.74, 6) is -0.230. The predicted octanol–water partition coefficient (Wildman–Crippen LogP) is 5.77. The van der Waals surface area contributed by atoms with Crippen LogP contribution >= 0.6 is 11.9 Å². The normalized spacial score (nSPS) is 29.1. The number of rotatable bonds is 5. The molecule has 178 valence electrons. The Morgan fingerprint density at radius 1 is 1.00 bits per heavy atom. The first kappa shape index (κ1) is 22.0. The molecular weight excluding hydrogens is 452 g/mol. The second-order valence-corrected chi connectivity index (χ2v) is 11.2. The summed E-state index contributed by atoms with van der Waals surface area (Å²) in [6, 6.07) is 14.2. The molecule has 4 unspecified atom stereocenters. The first-order valence-electron chi connectivity index (χ1n) is 12.1. The first-order chi connectivity index (χ1) is 16.6. The zero-order valence-electron chi connectivity index (χ0n) is 19.2. The number of nitrogens with zero attached hydrogens (tertiary/aromatic N) is 5. The summed E-state index contributed by atoms with van der Waals surface area (Å²) in [6.07, 6.45) is 7.55.